The van der Waals surface area contributed by atoms with E-state index in [1.807, 2.05) is 0 Å². The van der Waals surface area contributed by atoms with Gasteiger partial charge in [0.25, 0.3) is 40.5 Å². The summed E-state index contributed by atoms with van der Waals surface area (Å²) < 4.78 is 150. The fourth-order valence-corrected chi connectivity index (χ4v) is 10.1. The van der Waals surface area contributed by atoms with Crippen molar-refractivity contribution in [3.8, 4) is 23.0 Å². The number of azo groups is 4. The molecule has 88 heavy (non-hydrogen) atoms. The van der Waals surface area contributed by atoms with Crippen LogP contribution in [0.15, 0.2) is 138 Å². The van der Waals surface area contributed by atoms with E-state index in [4.69, 9.17) is 28.1 Å². The van der Waals surface area contributed by atoms with Crippen molar-refractivity contribution in [1.82, 2.24) is 0 Å². The number of carbonyl (C=O) groups excluding carboxylic acids is 1. The molecule has 31 heteroatoms. The molecule has 2 amide bonds. The van der Waals surface area contributed by atoms with Crippen molar-refractivity contribution in [1.29, 1.82) is 0 Å². The van der Waals surface area contributed by atoms with E-state index in [-0.39, 0.29) is 86.5 Å². The number of benzene rings is 6. The number of aryl methyl sites for hydroxylation is 6. The maximum atomic E-state index is 13.6. The van der Waals surface area contributed by atoms with Crippen molar-refractivity contribution in [2.24, 2.45) is 40.9 Å². The van der Waals surface area contributed by atoms with Gasteiger partial charge in [0.2, 0.25) is 0 Å². The number of urea groups is 1. The minimum Gasteiger partial charge on any atom is -0.494 e. The van der Waals surface area contributed by atoms with E-state index < -0.39 is 58.0 Å². The predicted molar refractivity (Wildman–Crippen MR) is 332 cm³/mol. The zero-order chi connectivity index (χ0) is 64.2. The second-order valence-corrected chi connectivity index (χ2v) is 26.4. The van der Waals surface area contributed by atoms with Crippen LogP contribution in [0.5, 0.6) is 23.0 Å². The molecule has 0 radical (unpaired) electrons. The van der Waals surface area contributed by atoms with Gasteiger partial charge in [-0.2, -0.15) is 64.4 Å². The average molecular weight is 1290 g/mol. The lowest BCUT2D eigenvalue weighted by molar-refractivity contribution is 0.262. The molecule has 0 aliphatic heterocycles. The summed E-state index contributed by atoms with van der Waals surface area (Å²) in [4.78, 5) is 13.6. The molecule has 0 unspecified atom stereocenters. The van der Waals surface area contributed by atoms with Crippen molar-refractivity contribution in [2.45, 2.75) is 80.1 Å². The molecule has 27 nitrogen and oxygen atoms in total. The Labute approximate surface area is 510 Å². The number of anilines is 2. The van der Waals surface area contributed by atoms with Crippen LogP contribution in [0.1, 0.15) is 71.9 Å². The van der Waals surface area contributed by atoms with Crippen LogP contribution in [0.2, 0.25) is 0 Å². The number of hydrogen-bond donors (Lipinski definition) is 6. The third-order valence-electron chi connectivity index (χ3n) is 12.6. The molecule has 0 atom stereocenters. The Morgan fingerprint density at radius 3 is 1.05 bits per heavy atom. The lowest BCUT2D eigenvalue weighted by atomic mass is 10.1. The molecule has 6 aromatic carbocycles. The number of ether oxygens (including phenoxy) is 4. The standard InChI is InChI=1S/C57H68N10O17S4/c1-37-29-49(64-66-53-31-41(5)51(35-55(53)83-21-13-25-87(75,76)77)62-60-43-15-11-17-45(33-43)81-19-7-9-23-85(69,70)71)39(3)27-47(37)58-57(68)59-48-28-40(4)50(30-38(48)2)65-67-54-32-42(6)52(36-56(54)84-22-14-26-88(78,79)80)63-61-44-16-12-18-46(34-44)82-20-8-10-24-86(72,73)74/h11-12,15-18,27-36H,7-10,13-14,19-26H2,1-6H3,(H2,58,59,68)(H,69,70,71)(H,72,73,74)(H,75,76,77)(H,78,79,80). The van der Waals surface area contributed by atoms with Crippen molar-refractivity contribution < 1.29 is 75.6 Å². The summed E-state index contributed by atoms with van der Waals surface area (Å²) in [6.45, 7) is 10.9. The summed E-state index contributed by atoms with van der Waals surface area (Å²) >= 11 is 0. The van der Waals surface area contributed by atoms with Crippen LogP contribution in [-0.4, -0.2) is 107 Å². The van der Waals surface area contributed by atoms with E-state index in [0.717, 1.165) is 0 Å². The van der Waals surface area contributed by atoms with Crippen LogP contribution in [-0.2, 0) is 40.5 Å². The number of nitrogens with one attached hydrogen (secondary N) is 2. The number of rotatable bonds is 32. The summed E-state index contributed by atoms with van der Waals surface area (Å²) in [6.07, 6.45) is 1.16. The summed E-state index contributed by atoms with van der Waals surface area (Å²) in [5.41, 5.74) is 7.97. The normalized spacial score (nSPS) is 12.4. The molecule has 0 saturated heterocycles. The number of carbonyl (C=O) groups is 1. The number of amides is 2. The van der Waals surface area contributed by atoms with Gasteiger partial charge in [-0.25, -0.2) is 4.79 Å². The van der Waals surface area contributed by atoms with Gasteiger partial charge in [0.05, 0.1) is 83.6 Å². The third-order valence-corrected chi connectivity index (χ3v) is 15.8. The maximum Gasteiger partial charge on any atom is 0.323 e. The van der Waals surface area contributed by atoms with Crippen molar-refractivity contribution in [2.75, 3.05) is 60.1 Å². The van der Waals surface area contributed by atoms with E-state index in [1.54, 1.807) is 139 Å². The molecule has 0 bridgehead atoms. The Balaban J connectivity index is 1.13. The number of hydrogen-bond acceptors (Lipinski definition) is 21. The molecule has 6 rings (SSSR count). The molecule has 0 fully saturated rings. The van der Waals surface area contributed by atoms with Crippen LogP contribution in [0.25, 0.3) is 0 Å². The fraction of sp³-hybridized carbons (Fsp3) is 0.351. The predicted octanol–water partition coefficient (Wildman–Crippen LogP) is 14.2. The summed E-state index contributed by atoms with van der Waals surface area (Å²) in [5.74, 6) is -0.474. The van der Waals surface area contributed by atoms with E-state index in [9.17, 15) is 47.6 Å². The van der Waals surface area contributed by atoms with Crippen LogP contribution >= 0.6 is 0 Å². The van der Waals surface area contributed by atoms with E-state index in [1.165, 1.54) is 0 Å². The first-order chi connectivity index (χ1) is 41.5. The summed E-state index contributed by atoms with van der Waals surface area (Å²) in [6, 6.07) is 26.4. The van der Waals surface area contributed by atoms with Crippen molar-refractivity contribution in [3.63, 3.8) is 0 Å². The zero-order valence-corrected chi connectivity index (χ0v) is 52.2. The Bertz CT molecular complexity index is 3810. The largest absolute Gasteiger partial charge is 0.494 e. The Morgan fingerprint density at radius 2 is 0.670 bits per heavy atom. The second-order valence-electron chi connectivity index (χ2n) is 20.2. The average Bonchev–Trinajstić information content (AvgIpc) is 3.26. The Hall–Kier alpha value is -8.17. The van der Waals surface area contributed by atoms with Gasteiger partial charge in [0.15, 0.2) is 0 Å². The first kappa shape index (κ1) is 68.9. The highest BCUT2D eigenvalue weighted by Gasteiger charge is 2.17. The van der Waals surface area contributed by atoms with Gasteiger partial charge in [-0.1, -0.05) is 12.1 Å². The quantitative estimate of drug-likeness (QED) is 0.0130. The molecule has 0 saturated carbocycles. The van der Waals surface area contributed by atoms with Crippen LogP contribution < -0.4 is 29.6 Å². The van der Waals surface area contributed by atoms with Crippen LogP contribution in [0, 0.1) is 41.5 Å². The number of unbranched alkanes of at least 4 members (excludes halogenated alkanes) is 2. The molecule has 472 valence electrons. The first-order valence-corrected chi connectivity index (χ1v) is 33.7. The smallest absolute Gasteiger partial charge is 0.323 e. The van der Waals surface area contributed by atoms with Crippen LogP contribution in [0.4, 0.5) is 61.7 Å². The van der Waals surface area contributed by atoms with Gasteiger partial charge in [0, 0.05) is 35.6 Å². The highest BCUT2D eigenvalue weighted by atomic mass is 32.2. The van der Waals surface area contributed by atoms with E-state index in [0.29, 0.717) is 103 Å². The van der Waals surface area contributed by atoms with E-state index >= 15 is 0 Å². The molecule has 6 N–H and O–H groups in total. The van der Waals surface area contributed by atoms with Gasteiger partial charge in [-0.3, -0.25) is 18.2 Å². The Morgan fingerprint density at radius 1 is 0.364 bits per heavy atom. The molecular formula is C57H68N10O17S4. The van der Waals surface area contributed by atoms with Gasteiger partial charge in [0.1, 0.15) is 34.4 Å². The van der Waals surface area contributed by atoms with Gasteiger partial charge < -0.3 is 29.6 Å². The molecule has 0 aliphatic rings. The van der Waals surface area contributed by atoms with Gasteiger partial charge in [-0.05, 0) is 174 Å². The molecular weight excluding hydrogens is 1220 g/mol. The van der Waals surface area contributed by atoms with Gasteiger partial charge in [-0.15, -0.1) is 10.2 Å². The lowest BCUT2D eigenvalue weighted by Gasteiger charge is -2.14. The Kier molecular flexibility index (Phi) is 24.8. The topological polar surface area (TPSA) is 394 Å². The minimum atomic E-state index is -4.25. The third kappa shape index (κ3) is 24.2. The fourth-order valence-electron chi connectivity index (χ4n) is 8.00. The highest BCUT2D eigenvalue weighted by molar-refractivity contribution is 7.86. The second kappa shape index (κ2) is 31.7. The van der Waals surface area contributed by atoms with Gasteiger partial charge >= 0.3 is 6.03 Å². The monoisotopic (exact) mass is 1290 g/mol. The maximum absolute atomic E-state index is 13.6. The molecule has 0 aromatic heterocycles. The first-order valence-electron chi connectivity index (χ1n) is 27.2. The summed E-state index contributed by atoms with van der Waals surface area (Å²) in [5, 5.41) is 41.3. The zero-order valence-electron chi connectivity index (χ0n) is 48.9. The summed E-state index contributed by atoms with van der Waals surface area (Å²) in [7, 11) is -16.6. The number of nitrogens with zero attached hydrogens (tertiary/aromatic N) is 8. The lowest BCUT2D eigenvalue weighted by Crippen LogP contribution is -2.20. The van der Waals surface area contributed by atoms with Crippen molar-refractivity contribution >= 4 is 103 Å². The molecule has 6 aromatic rings. The SMILES string of the molecule is Cc1cc(N=Nc2cc(C)c(NC(=O)Nc3cc(C)c(N=Nc4cc(C)c(N=Nc5cccc(OCCCCS(=O)(=O)O)c5)cc4OCCCS(=O)(=O)O)cc3C)cc2C)c(OCCCS(=O)(=O)O)cc1N=Nc1cccc(OCCCCS(=O)(=O)O)c1. The van der Waals surface area contributed by atoms with E-state index in [2.05, 4.69) is 51.5 Å². The molecule has 0 heterocycles. The van der Waals surface area contributed by atoms with Crippen LogP contribution in [0.3, 0.4) is 0 Å². The minimum absolute atomic E-state index is 0.0346. The molecule has 0 aliphatic carbocycles. The molecule has 0 spiro atoms. The van der Waals surface area contributed by atoms with Crippen molar-refractivity contribution in [3.05, 3.63) is 130 Å². The highest BCUT2D eigenvalue weighted by Crippen LogP contribution is 2.40.